The van der Waals surface area contributed by atoms with Crippen molar-refractivity contribution in [3.63, 3.8) is 0 Å². The lowest BCUT2D eigenvalue weighted by Crippen LogP contribution is -2.12. The normalized spacial score (nSPS) is 10.4. The van der Waals surface area contributed by atoms with Crippen LogP contribution in [0.15, 0.2) is 48.5 Å². The number of ether oxygens (including phenoxy) is 2. The minimum atomic E-state index is -0.424. The number of benzene rings is 2. The van der Waals surface area contributed by atoms with E-state index in [0.717, 1.165) is 17.4 Å². The first-order valence-corrected chi connectivity index (χ1v) is 6.74. The average molecular weight is 296 g/mol. The smallest absolute Gasteiger partial charge is 0.343 e. The van der Waals surface area contributed by atoms with Gasteiger partial charge in [0, 0.05) is 5.56 Å². The molecule has 0 amide bonds. The molecule has 0 saturated heterocycles. The maximum Gasteiger partial charge on any atom is 0.343 e. The summed E-state index contributed by atoms with van der Waals surface area (Å²) < 4.78 is 9.86. The SMILES string of the molecule is COC(=O)COc1cccc(/C=C/c2cccc(C=O)c2)c1. The van der Waals surface area contributed by atoms with Gasteiger partial charge in [-0.15, -0.1) is 0 Å². The molecular formula is C18H16O4. The van der Waals surface area contributed by atoms with E-state index < -0.39 is 5.97 Å². The van der Waals surface area contributed by atoms with Crippen molar-refractivity contribution in [3.05, 3.63) is 65.2 Å². The van der Waals surface area contributed by atoms with Crippen LogP contribution >= 0.6 is 0 Å². The second kappa shape index (κ2) is 7.78. The Morgan fingerprint density at radius 2 is 1.64 bits per heavy atom. The fourth-order valence-corrected chi connectivity index (χ4v) is 1.84. The van der Waals surface area contributed by atoms with Crippen LogP contribution in [0.1, 0.15) is 21.5 Å². The first kappa shape index (κ1) is 15.5. The molecule has 4 heteroatoms. The van der Waals surface area contributed by atoms with Crippen LogP contribution in [0.2, 0.25) is 0 Å². The highest BCUT2D eigenvalue weighted by Gasteiger charge is 2.01. The second-order valence-electron chi connectivity index (χ2n) is 4.56. The van der Waals surface area contributed by atoms with Gasteiger partial charge in [-0.2, -0.15) is 0 Å². The van der Waals surface area contributed by atoms with Gasteiger partial charge in [0.2, 0.25) is 0 Å². The zero-order chi connectivity index (χ0) is 15.8. The van der Waals surface area contributed by atoms with E-state index in [1.54, 1.807) is 18.2 Å². The Labute approximate surface area is 129 Å². The van der Waals surface area contributed by atoms with E-state index in [9.17, 15) is 9.59 Å². The lowest BCUT2D eigenvalue weighted by Gasteiger charge is -2.05. The molecule has 0 aliphatic carbocycles. The van der Waals surface area contributed by atoms with Crippen LogP contribution in [0.25, 0.3) is 12.2 Å². The Morgan fingerprint density at radius 3 is 2.32 bits per heavy atom. The molecule has 0 atom stereocenters. The predicted octanol–water partition coefficient (Wildman–Crippen LogP) is 3.22. The lowest BCUT2D eigenvalue weighted by atomic mass is 10.1. The fourth-order valence-electron chi connectivity index (χ4n) is 1.84. The molecule has 0 aliphatic rings. The summed E-state index contributed by atoms with van der Waals surface area (Å²) >= 11 is 0. The molecule has 112 valence electrons. The Hall–Kier alpha value is -2.88. The first-order valence-electron chi connectivity index (χ1n) is 6.74. The van der Waals surface area contributed by atoms with E-state index in [-0.39, 0.29) is 6.61 Å². The summed E-state index contributed by atoms with van der Waals surface area (Å²) in [4.78, 5) is 21.8. The van der Waals surface area contributed by atoms with E-state index in [0.29, 0.717) is 11.3 Å². The third-order valence-corrected chi connectivity index (χ3v) is 2.96. The minimum absolute atomic E-state index is 0.120. The van der Waals surface area contributed by atoms with Gasteiger partial charge in [-0.25, -0.2) is 4.79 Å². The largest absolute Gasteiger partial charge is 0.482 e. The standard InChI is InChI=1S/C18H16O4/c1-21-18(20)13-22-17-7-3-5-15(11-17)9-8-14-4-2-6-16(10-14)12-19/h2-12H,13H2,1H3/b9-8+. The van der Waals surface area contributed by atoms with Gasteiger partial charge in [0.25, 0.3) is 0 Å². The molecule has 0 saturated carbocycles. The summed E-state index contributed by atoms with van der Waals surface area (Å²) in [6.45, 7) is -0.120. The monoisotopic (exact) mass is 296 g/mol. The van der Waals surface area contributed by atoms with Crippen LogP contribution in [0.4, 0.5) is 0 Å². The van der Waals surface area contributed by atoms with Crippen molar-refractivity contribution in [2.45, 2.75) is 0 Å². The lowest BCUT2D eigenvalue weighted by molar-refractivity contribution is -0.142. The van der Waals surface area contributed by atoms with Crippen molar-refractivity contribution in [1.82, 2.24) is 0 Å². The van der Waals surface area contributed by atoms with Crippen molar-refractivity contribution in [2.75, 3.05) is 13.7 Å². The molecule has 0 unspecified atom stereocenters. The first-order chi connectivity index (χ1) is 10.7. The highest BCUT2D eigenvalue weighted by molar-refractivity contribution is 5.78. The van der Waals surface area contributed by atoms with Gasteiger partial charge in [0.1, 0.15) is 12.0 Å². The van der Waals surface area contributed by atoms with Gasteiger partial charge in [0.05, 0.1) is 7.11 Å². The fraction of sp³-hybridized carbons (Fsp3) is 0.111. The minimum Gasteiger partial charge on any atom is -0.482 e. The summed E-state index contributed by atoms with van der Waals surface area (Å²) in [5.41, 5.74) is 2.50. The molecule has 0 N–H and O–H groups in total. The number of carbonyl (C=O) groups is 2. The van der Waals surface area contributed by atoms with Crippen LogP contribution in [0.3, 0.4) is 0 Å². The maximum absolute atomic E-state index is 11.1. The highest BCUT2D eigenvalue weighted by Crippen LogP contribution is 2.16. The topological polar surface area (TPSA) is 52.6 Å². The van der Waals surface area contributed by atoms with Gasteiger partial charge in [-0.1, -0.05) is 42.5 Å². The number of hydrogen-bond acceptors (Lipinski definition) is 4. The number of methoxy groups -OCH3 is 1. The number of rotatable bonds is 6. The molecule has 0 fully saturated rings. The molecule has 0 spiro atoms. The molecule has 2 rings (SSSR count). The van der Waals surface area contributed by atoms with Gasteiger partial charge in [0.15, 0.2) is 6.61 Å². The Balaban J connectivity index is 2.07. The molecule has 22 heavy (non-hydrogen) atoms. The Kier molecular flexibility index (Phi) is 5.49. The van der Waals surface area contributed by atoms with Gasteiger partial charge < -0.3 is 9.47 Å². The Bertz CT molecular complexity index is 689. The molecule has 0 aromatic heterocycles. The zero-order valence-corrected chi connectivity index (χ0v) is 12.2. The number of hydrogen-bond donors (Lipinski definition) is 0. The van der Waals surface area contributed by atoms with Gasteiger partial charge in [-0.3, -0.25) is 4.79 Å². The van der Waals surface area contributed by atoms with Gasteiger partial charge >= 0.3 is 5.97 Å². The quantitative estimate of drug-likeness (QED) is 0.466. The number of aldehydes is 1. The summed E-state index contributed by atoms with van der Waals surface area (Å²) in [5, 5.41) is 0. The van der Waals surface area contributed by atoms with Crippen molar-refractivity contribution in [2.24, 2.45) is 0 Å². The van der Waals surface area contributed by atoms with Crippen LogP contribution in [0.5, 0.6) is 5.75 Å². The molecular weight excluding hydrogens is 280 g/mol. The van der Waals surface area contributed by atoms with Gasteiger partial charge in [-0.05, 0) is 29.3 Å². The summed E-state index contributed by atoms with van der Waals surface area (Å²) in [6.07, 6.45) is 4.64. The number of esters is 1. The van der Waals surface area contributed by atoms with E-state index in [1.165, 1.54) is 7.11 Å². The Morgan fingerprint density at radius 1 is 1.00 bits per heavy atom. The van der Waals surface area contributed by atoms with Crippen LogP contribution in [-0.4, -0.2) is 26.0 Å². The molecule has 0 heterocycles. The average Bonchev–Trinajstić information content (AvgIpc) is 2.58. The molecule has 2 aromatic rings. The molecule has 2 aromatic carbocycles. The van der Waals surface area contributed by atoms with Crippen LogP contribution in [0, 0.1) is 0 Å². The van der Waals surface area contributed by atoms with Crippen LogP contribution < -0.4 is 4.74 Å². The predicted molar refractivity (Wildman–Crippen MR) is 84.7 cm³/mol. The third kappa shape index (κ3) is 4.59. The molecule has 0 bridgehead atoms. The zero-order valence-electron chi connectivity index (χ0n) is 12.2. The summed E-state index contributed by atoms with van der Waals surface area (Å²) in [5.74, 6) is 0.167. The van der Waals surface area contributed by atoms with E-state index in [4.69, 9.17) is 4.74 Å². The van der Waals surface area contributed by atoms with E-state index in [1.807, 2.05) is 42.5 Å². The molecule has 4 nitrogen and oxygen atoms in total. The second-order valence-corrected chi connectivity index (χ2v) is 4.56. The van der Waals surface area contributed by atoms with Crippen molar-refractivity contribution < 1.29 is 19.1 Å². The highest BCUT2D eigenvalue weighted by atomic mass is 16.6. The summed E-state index contributed by atoms with van der Waals surface area (Å²) in [6, 6.07) is 14.7. The van der Waals surface area contributed by atoms with Crippen LogP contribution in [-0.2, 0) is 9.53 Å². The maximum atomic E-state index is 11.1. The van der Waals surface area contributed by atoms with Crippen molar-refractivity contribution >= 4 is 24.4 Å². The molecule has 0 aliphatic heterocycles. The third-order valence-electron chi connectivity index (χ3n) is 2.96. The summed E-state index contributed by atoms with van der Waals surface area (Å²) in [7, 11) is 1.32. The van der Waals surface area contributed by atoms with Crippen molar-refractivity contribution in [3.8, 4) is 5.75 Å². The van der Waals surface area contributed by atoms with E-state index >= 15 is 0 Å². The van der Waals surface area contributed by atoms with Crippen molar-refractivity contribution in [1.29, 1.82) is 0 Å². The van der Waals surface area contributed by atoms with E-state index in [2.05, 4.69) is 4.74 Å². The molecule has 0 radical (unpaired) electrons. The number of carbonyl (C=O) groups excluding carboxylic acids is 2.